The summed E-state index contributed by atoms with van der Waals surface area (Å²) in [6.07, 6.45) is 3.72. The molecule has 4 aromatic carbocycles. The summed E-state index contributed by atoms with van der Waals surface area (Å²) in [5, 5.41) is 6.15. The molecule has 3 heterocycles. The molecule has 2 aliphatic carbocycles. The van der Waals surface area contributed by atoms with Gasteiger partial charge in [-0.25, -0.2) is 9.59 Å². The maximum atomic E-state index is 14.3. The van der Waals surface area contributed by atoms with E-state index in [1.54, 1.807) is 11.3 Å². The highest BCUT2D eigenvalue weighted by Gasteiger charge is 2.35. The van der Waals surface area contributed by atoms with E-state index in [1.165, 1.54) is 0 Å². The number of carbonyl (C=O) groups excluding carboxylic acids is 4. The predicted molar refractivity (Wildman–Crippen MR) is 240 cm³/mol. The maximum Gasteiger partial charge on any atom is 0.333 e. The fourth-order valence-corrected chi connectivity index (χ4v) is 10.3. The van der Waals surface area contributed by atoms with Crippen LogP contribution in [0.25, 0.3) is 21.8 Å². The van der Waals surface area contributed by atoms with Crippen LogP contribution in [0.1, 0.15) is 60.3 Å². The lowest BCUT2D eigenvalue weighted by atomic mass is 9.85. The first-order valence-corrected chi connectivity index (χ1v) is 22.3. The van der Waals surface area contributed by atoms with Gasteiger partial charge in [0, 0.05) is 63.3 Å². The molecule has 0 aliphatic heterocycles. The molecule has 2 aliphatic rings. The first-order chi connectivity index (χ1) is 29.7. The van der Waals surface area contributed by atoms with Gasteiger partial charge in [-0.15, -0.1) is 0 Å². The molecule has 0 spiro atoms. The zero-order chi connectivity index (χ0) is 42.0. The van der Waals surface area contributed by atoms with E-state index < -0.39 is 11.9 Å². The van der Waals surface area contributed by atoms with Gasteiger partial charge in [-0.3, -0.25) is 9.59 Å². The number of carbonyl (C=O) groups is 4. The average molecular weight is 831 g/mol. The number of hydrogen-bond donors (Lipinski definition) is 0. The molecule has 10 heteroatoms. The van der Waals surface area contributed by atoms with Crippen LogP contribution >= 0.6 is 11.3 Å². The molecule has 0 saturated carbocycles. The minimum atomic E-state index is -0.624. The van der Waals surface area contributed by atoms with Gasteiger partial charge < -0.3 is 23.7 Å². The summed E-state index contributed by atoms with van der Waals surface area (Å²) in [5.74, 6) is -1.40. The summed E-state index contributed by atoms with van der Waals surface area (Å²) in [4.78, 5) is 59.6. The van der Waals surface area contributed by atoms with Crippen LogP contribution in [0.4, 0.5) is 5.69 Å². The molecule has 310 valence electrons. The van der Waals surface area contributed by atoms with E-state index in [4.69, 9.17) is 4.74 Å². The van der Waals surface area contributed by atoms with E-state index in [2.05, 4.69) is 49.6 Å². The zero-order valence-corrected chi connectivity index (χ0v) is 35.5. The third-order valence-corrected chi connectivity index (χ3v) is 13.3. The number of aromatic nitrogens is 2. The highest BCUT2D eigenvalue weighted by atomic mass is 32.1. The number of para-hydroxylation sites is 3. The van der Waals surface area contributed by atoms with E-state index in [9.17, 15) is 19.2 Å². The van der Waals surface area contributed by atoms with Crippen molar-refractivity contribution in [2.75, 3.05) is 4.90 Å². The molecule has 2 amide bonds. The normalized spacial score (nSPS) is 16.0. The van der Waals surface area contributed by atoms with Gasteiger partial charge in [0.15, 0.2) is 0 Å². The molecule has 61 heavy (non-hydrogen) atoms. The van der Waals surface area contributed by atoms with Crippen molar-refractivity contribution in [1.29, 1.82) is 0 Å². The quantitative estimate of drug-likeness (QED) is 0.0905. The van der Waals surface area contributed by atoms with E-state index in [-0.39, 0.29) is 42.8 Å². The molecule has 2 unspecified atom stereocenters. The SMILES string of the molecule is CC(C)N(Cc1ccccc1)C(=O)C1CCc2c(c3ccccc3n2CC(=O)OC(=O)Cn2c3c(c4ccccc42)CC(C(=O)N(Cc2ccsc2)c2ccccc2)CC3)C1. The Morgan fingerprint density at radius 2 is 1.16 bits per heavy atom. The van der Waals surface area contributed by atoms with Gasteiger partial charge in [-0.1, -0.05) is 84.9 Å². The van der Waals surface area contributed by atoms with Crippen LogP contribution in [0.3, 0.4) is 0 Å². The van der Waals surface area contributed by atoms with Crippen LogP contribution in [-0.2, 0) is 75.8 Å². The second kappa shape index (κ2) is 17.4. The van der Waals surface area contributed by atoms with E-state index >= 15 is 0 Å². The maximum absolute atomic E-state index is 14.3. The largest absolute Gasteiger partial charge is 0.390 e. The molecule has 3 aromatic heterocycles. The summed E-state index contributed by atoms with van der Waals surface area (Å²) in [6.45, 7) is 4.98. The summed E-state index contributed by atoms with van der Waals surface area (Å²) in [5.41, 5.74) is 9.04. The van der Waals surface area contributed by atoms with Gasteiger partial charge in [0.25, 0.3) is 0 Å². The van der Waals surface area contributed by atoms with Gasteiger partial charge in [0.05, 0.1) is 6.54 Å². The number of hydrogen-bond acceptors (Lipinski definition) is 6. The number of anilines is 1. The van der Waals surface area contributed by atoms with Crippen LogP contribution in [0.15, 0.2) is 126 Å². The standard InChI is InChI=1S/C51H50N4O5S/c1-34(2)52(29-35-13-5-3-6-14-35)50(58)37-21-23-46-42(27-37)40-17-9-11-19-44(40)54(46)31-48(56)60-49(57)32-55-45-20-12-10-18-41(45)43-28-38(22-24-47(43)55)51(59)53(30-36-25-26-61-33-36)39-15-7-4-8-16-39/h3-20,25-26,33-34,37-38H,21-24,27-32H2,1-2H3. The van der Waals surface area contributed by atoms with Gasteiger partial charge in [-0.05, 0) is 116 Å². The van der Waals surface area contributed by atoms with Crippen molar-refractivity contribution >= 4 is 62.6 Å². The molecule has 0 bridgehead atoms. The smallest absolute Gasteiger partial charge is 0.333 e. The fourth-order valence-electron chi connectivity index (χ4n) is 9.65. The minimum Gasteiger partial charge on any atom is -0.390 e. The number of esters is 2. The topological polar surface area (TPSA) is 93.9 Å². The van der Waals surface area contributed by atoms with E-state index in [0.29, 0.717) is 51.6 Å². The average Bonchev–Trinajstić information content (AvgIpc) is 4.00. The molecule has 0 N–H and O–H groups in total. The first-order valence-electron chi connectivity index (χ1n) is 21.4. The summed E-state index contributed by atoms with van der Waals surface area (Å²) in [7, 11) is 0. The lowest BCUT2D eigenvalue weighted by Crippen LogP contribution is -2.42. The Morgan fingerprint density at radius 1 is 0.639 bits per heavy atom. The highest BCUT2D eigenvalue weighted by Crippen LogP contribution is 2.38. The number of fused-ring (bicyclic) bond motifs is 6. The Labute approximate surface area is 360 Å². The molecule has 0 saturated heterocycles. The van der Waals surface area contributed by atoms with Crippen molar-refractivity contribution in [3.8, 4) is 0 Å². The molecule has 9 rings (SSSR count). The lowest BCUT2D eigenvalue weighted by molar-refractivity contribution is -0.160. The van der Waals surface area contributed by atoms with Crippen molar-refractivity contribution in [2.45, 2.75) is 84.6 Å². The van der Waals surface area contributed by atoms with Crippen LogP contribution in [0, 0.1) is 11.8 Å². The number of amides is 2. The second-order valence-corrected chi connectivity index (χ2v) is 17.5. The molecule has 7 aromatic rings. The minimum absolute atomic E-state index is 0.0522. The van der Waals surface area contributed by atoms with Gasteiger partial charge in [0.2, 0.25) is 11.8 Å². The molecule has 0 fully saturated rings. The number of ether oxygens (including phenoxy) is 1. The third-order valence-electron chi connectivity index (χ3n) is 12.6. The lowest BCUT2D eigenvalue weighted by Gasteiger charge is -2.33. The number of nitrogens with zero attached hydrogens (tertiary/aromatic N) is 4. The number of benzene rings is 4. The van der Waals surface area contributed by atoms with Crippen LogP contribution in [0.2, 0.25) is 0 Å². The Kier molecular flexibility index (Phi) is 11.4. The zero-order valence-electron chi connectivity index (χ0n) is 34.7. The summed E-state index contributed by atoms with van der Waals surface area (Å²) in [6, 6.07) is 38.0. The Bertz CT molecular complexity index is 2720. The van der Waals surface area contributed by atoms with Crippen LogP contribution < -0.4 is 4.90 Å². The van der Waals surface area contributed by atoms with Crippen LogP contribution in [-0.4, -0.2) is 43.8 Å². The molecular formula is C51H50N4O5S. The molecular weight excluding hydrogens is 781 g/mol. The van der Waals surface area contributed by atoms with E-state index in [0.717, 1.165) is 61.1 Å². The summed E-state index contributed by atoms with van der Waals surface area (Å²) >= 11 is 1.62. The predicted octanol–water partition coefficient (Wildman–Crippen LogP) is 9.31. The second-order valence-electron chi connectivity index (χ2n) is 16.7. The van der Waals surface area contributed by atoms with Gasteiger partial charge >= 0.3 is 11.9 Å². The Hall–Kier alpha value is -6.26. The van der Waals surface area contributed by atoms with Crippen LogP contribution in [0.5, 0.6) is 0 Å². The molecule has 2 atom stereocenters. The first kappa shape index (κ1) is 40.2. The molecule has 9 nitrogen and oxygen atoms in total. The van der Waals surface area contributed by atoms with E-state index in [1.807, 2.05) is 109 Å². The van der Waals surface area contributed by atoms with Gasteiger partial charge in [0.1, 0.15) is 13.1 Å². The fraction of sp³-hybridized carbons (Fsp3) is 0.294. The van der Waals surface area contributed by atoms with Crippen molar-refractivity contribution in [3.63, 3.8) is 0 Å². The van der Waals surface area contributed by atoms with Crippen molar-refractivity contribution in [3.05, 3.63) is 160 Å². The van der Waals surface area contributed by atoms with Crippen molar-refractivity contribution in [2.24, 2.45) is 11.8 Å². The Balaban J connectivity index is 0.904. The summed E-state index contributed by atoms with van der Waals surface area (Å²) < 4.78 is 9.55. The Morgan fingerprint density at radius 3 is 1.70 bits per heavy atom. The molecule has 0 radical (unpaired) electrons. The highest BCUT2D eigenvalue weighted by molar-refractivity contribution is 7.07. The number of thiophene rings is 1. The van der Waals surface area contributed by atoms with Crippen molar-refractivity contribution < 1.29 is 23.9 Å². The number of rotatable bonds is 12. The van der Waals surface area contributed by atoms with Gasteiger partial charge in [-0.2, -0.15) is 11.3 Å². The third kappa shape index (κ3) is 8.16. The van der Waals surface area contributed by atoms with Crippen molar-refractivity contribution in [1.82, 2.24) is 14.0 Å². The monoisotopic (exact) mass is 830 g/mol.